The maximum Gasteiger partial charge on any atom is 0.462 e. The molecule has 0 bridgehead atoms. The van der Waals surface area contributed by atoms with Crippen molar-refractivity contribution in [2.45, 2.75) is 9.79 Å². The average Bonchev–Trinajstić information content (AvgIpc) is 2.43. The van der Waals surface area contributed by atoms with E-state index in [-0.39, 0.29) is 0 Å². The minimum Gasteiger partial charge on any atom is -0.418 e. The van der Waals surface area contributed by atoms with E-state index in [1.165, 1.54) is 0 Å². The molecule has 0 aliphatic heterocycles. The summed E-state index contributed by atoms with van der Waals surface area (Å²) in [6.07, 6.45) is 0. The van der Waals surface area contributed by atoms with Crippen molar-refractivity contribution in [3.8, 4) is 11.5 Å². The van der Waals surface area contributed by atoms with Gasteiger partial charge in [-0.1, -0.05) is 0 Å². The molecule has 0 atom stereocenters. The highest BCUT2D eigenvalue weighted by Crippen LogP contribution is 2.40. The van der Waals surface area contributed by atoms with Gasteiger partial charge in [0.25, 0.3) is 0 Å². The SMILES string of the molecule is COP(Oc1ccc(S)cc1)Oc1ccc(S)cc1. The van der Waals surface area contributed by atoms with Crippen LogP contribution in [0.5, 0.6) is 11.5 Å². The molecule has 0 aliphatic rings. The first kappa shape index (κ1) is 14.5. The van der Waals surface area contributed by atoms with Crippen molar-refractivity contribution in [3.63, 3.8) is 0 Å². The normalized spacial score (nSPS) is 10.5. The molecule has 0 N–H and O–H groups in total. The second kappa shape index (κ2) is 7.06. The number of thiol groups is 2. The zero-order valence-corrected chi connectivity index (χ0v) is 12.9. The Hall–Kier alpha value is -0.870. The number of rotatable bonds is 5. The van der Waals surface area contributed by atoms with Crippen molar-refractivity contribution >= 4 is 33.9 Å². The summed E-state index contributed by atoms with van der Waals surface area (Å²) < 4.78 is 16.4. The van der Waals surface area contributed by atoms with Gasteiger partial charge in [-0.15, -0.1) is 25.3 Å². The molecular formula is C13H13O3PS2. The Labute approximate surface area is 124 Å². The molecule has 3 nitrogen and oxygen atoms in total. The molecule has 0 aromatic heterocycles. The summed E-state index contributed by atoms with van der Waals surface area (Å²) in [5.74, 6) is 1.35. The molecule has 0 saturated heterocycles. The van der Waals surface area contributed by atoms with E-state index in [1.54, 1.807) is 7.11 Å². The predicted molar refractivity (Wildman–Crippen MR) is 82.6 cm³/mol. The van der Waals surface area contributed by atoms with E-state index in [2.05, 4.69) is 25.3 Å². The average molecular weight is 312 g/mol. The van der Waals surface area contributed by atoms with Gasteiger partial charge < -0.3 is 9.05 Å². The van der Waals surface area contributed by atoms with Gasteiger partial charge in [0.15, 0.2) is 0 Å². The molecule has 6 heteroatoms. The fourth-order valence-corrected chi connectivity index (χ4v) is 2.35. The lowest BCUT2D eigenvalue weighted by Crippen LogP contribution is -1.97. The van der Waals surface area contributed by atoms with Crippen molar-refractivity contribution in [2.24, 2.45) is 0 Å². The van der Waals surface area contributed by atoms with Gasteiger partial charge >= 0.3 is 8.60 Å². The molecule has 0 radical (unpaired) electrons. The predicted octanol–water partition coefficient (Wildman–Crippen LogP) is 4.60. The van der Waals surface area contributed by atoms with Crippen LogP contribution in [0.25, 0.3) is 0 Å². The van der Waals surface area contributed by atoms with Gasteiger partial charge in [-0.05, 0) is 48.5 Å². The lowest BCUT2D eigenvalue weighted by molar-refractivity contribution is 0.323. The van der Waals surface area contributed by atoms with Crippen molar-refractivity contribution in [3.05, 3.63) is 48.5 Å². The maximum atomic E-state index is 5.62. The molecule has 0 fully saturated rings. The number of benzene rings is 2. The Balaban J connectivity index is 2.00. The zero-order chi connectivity index (χ0) is 13.7. The number of hydrogen-bond donors (Lipinski definition) is 2. The highest BCUT2D eigenvalue weighted by atomic mass is 32.1. The van der Waals surface area contributed by atoms with Crippen LogP contribution in [0.2, 0.25) is 0 Å². The summed E-state index contributed by atoms with van der Waals surface area (Å²) in [5.41, 5.74) is 0. The van der Waals surface area contributed by atoms with Crippen molar-refractivity contribution in [1.82, 2.24) is 0 Å². The monoisotopic (exact) mass is 312 g/mol. The highest BCUT2D eigenvalue weighted by molar-refractivity contribution is 7.80. The molecule has 100 valence electrons. The molecule has 2 rings (SSSR count). The van der Waals surface area contributed by atoms with Gasteiger partial charge in [0.1, 0.15) is 11.5 Å². The van der Waals surface area contributed by atoms with E-state index in [4.69, 9.17) is 13.6 Å². The second-order valence-corrected chi connectivity index (χ2v) is 5.79. The highest BCUT2D eigenvalue weighted by Gasteiger charge is 2.14. The van der Waals surface area contributed by atoms with E-state index in [9.17, 15) is 0 Å². The van der Waals surface area contributed by atoms with Crippen molar-refractivity contribution in [1.29, 1.82) is 0 Å². The first-order valence-corrected chi connectivity index (χ1v) is 7.44. The molecule has 0 saturated carbocycles. The quantitative estimate of drug-likeness (QED) is 0.624. The maximum absolute atomic E-state index is 5.62. The summed E-state index contributed by atoms with van der Waals surface area (Å²) in [6.45, 7) is 0. The van der Waals surface area contributed by atoms with Crippen LogP contribution >= 0.6 is 33.9 Å². The van der Waals surface area contributed by atoms with Crippen LogP contribution < -0.4 is 9.05 Å². The van der Waals surface area contributed by atoms with Crippen LogP contribution in [-0.2, 0) is 4.52 Å². The molecule has 0 amide bonds. The summed E-state index contributed by atoms with van der Waals surface area (Å²) >= 11 is 8.43. The standard InChI is InChI=1S/C13H13O3PS2/c1-14-17(15-10-2-6-12(18)7-3-10)16-11-4-8-13(19)9-5-11/h2-9,18-19H,1H3. The minimum absolute atomic E-state index is 0.677. The topological polar surface area (TPSA) is 27.7 Å². The van der Waals surface area contributed by atoms with Crippen LogP contribution in [0.1, 0.15) is 0 Å². The first-order chi connectivity index (χ1) is 9.17. The largest absolute Gasteiger partial charge is 0.462 e. The van der Waals surface area contributed by atoms with Crippen molar-refractivity contribution < 1.29 is 13.6 Å². The summed E-state index contributed by atoms with van der Waals surface area (Å²) in [6, 6.07) is 14.6. The van der Waals surface area contributed by atoms with Crippen LogP contribution in [0.4, 0.5) is 0 Å². The lowest BCUT2D eigenvalue weighted by Gasteiger charge is -2.15. The Kier molecular flexibility index (Phi) is 5.40. The van der Waals surface area contributed by atoms with Gasteiger partial charge in [-0.3, -0.25) is 4.52 Å². The van der Waals surface area contributed by atoms with Gasteiger partial charge in [0.05, 0.1) is 0 Å². The Bertz CT molecular complexity index is 469. The third-order valence-electron chi connectivity index (χ3n) is 2.18. The third-order valence-corrected chi connectivity index (χ3v) is 3.80. The van der Waals surface area contributed by atoms with Crippen LogP contribution in [0, 0.1) is 0 Å². The third kappa shape index (κ3) is 4.62. The molecular weight excluding hydrogens is 299 g/mol. The Morgan fingerprint density at radius 1 is 0.737 bits per heavy atom. The van der Waals surface area contributed by atoms with Crippen LogP contribution in [0.3, 0.4) is 0 Å². The first-order valence-electron chi connectivity index (χ1n) is 5.45. The summed E-state index contributed by atoms with van der Waals surface area (Å²) in [4.78, 5) is 1.75. The molecule has 2 aromatic rings. The summed E-state index contributed by atoms with van der Waals surface area (Å²) in [7, 11) is 0.0671. The Morgan fingerprint density at radius 2 is 1.11 bits per heavy atom. The molecule has 0 heterocycles. The van der Waals surface area contributed by atoms with Gasteiger partial charge in [0, 0.05) is 16.9 Å². The van der Waals surface area contributed by atoms with E-state index < -0.39 is 8.60 Å². The van der Waals surface area contributed by atoms with E-state index in [0.29, 0.717) is 11.5 Å². The zero-order valence-electron chi connectivity index (χ0n) is 10.2. The van der Waals surface area contributed by atoms with Crippen LogP contribution in [-0.4, -0.2) is 7.11 Å². The fourth-order valence-electron chi connectivity index (χ4n) is 1.28. The second-order valence-electron chi connectivity index (χ2n) is 3.58. The Morgan fingerprint density at radius 3 is 1.42 bits per heavy atom. The van der Waals surface area contributed by atoms with Gasteiger partial charge in [-0.2, -0.15) is 0 Å². The van der Waals surface area contributed by atoms with Crippen molar-refractivity contribution in [2.75, 3.05) is 7.11 Å². The van der Waals surface area contributed by atoms with Gasteiger partial charge in [0.2, 0.25) is 0 Å². The van der Waals surface area contributed by atoms with E-state index in [0.717, 1.165) is 9.79 Å². The minimum atomic E-state index is -1.48. The molecule has 0 unspecified atom stereocenters. The smallest absolute Gasteiger partial charge is 0.418 e. The number of hydrogen-bond acceptors (Lipinski definition) is 5. The molecule has 0 aliphatic carbocycles. The van der Waals surface area contributed by atoms with Crippen LogP contribution in [0.15, 0.2) is 58.3 Å². The molecule has 0 spiro atoms. The van der Waals surface area contributed by atoms with E-state index >= 15 is 0 Å². The lowest BCUT2D eigenvalue weighted by atomic mass is 10.3. The van der Waals surface area contributed by atoms with Gasteiger partial charge in [-0.25, -0.2) is 0 Å². The van der Waals surface area contributed by atoms with E-state index in [1.807, 2.05) is 48.5 Å². The fraction of sp³-hybridized carbons (Fsp3) is 0.0769. The summed E-state index contributed by atoms with van der Waals surface area (Å²) in [5, 5.41) is 0. The molecule has 19 heavy (non-hydrogen) atoms. The molecule has 2 aromatic carbocycles.